The van der Waals surface area contributed by atoms with Gasteiger partial charge in [-0.05, 0) is 50.3 Å². The minimum Gasteiger partial charge on any atom is -0.480 e. The molecule has 12 nitrogen and oxygen atoms in total. The monoisotopic (exact) mass is 569 g/mol. The van der Waals surface area contributed by atoms with E-state index in [4.69, 9.17) is 34.2 Å². The molecule has 0 fully saturated rings. The Kier molecular flexibility index (Phi) is 16.1. The fourth-order valence-corrected chi connectivity index (χ4v) is 3.72. The van der Waals surface area contributed by atoms with Gasteiger partial charge in [0.1, 0.15) is 6.04 Å². The van der Waals surface area contributed by atoms with Crippen molar-refractivity contribution >= 4 is 24.4 Å². The number of rotatable bonds is 17. The number of hydrogen-bond acceptors (Lipinski definition) is 11. The maximum atomic E-state index is 12.4. The van der Waals surface area contributed by atoms with Gasteiger partial charge in [0.2, 0.25) is 0 Å². The van der Waals surface area contributed by atoms with Crippen LogP contribution in [0.5, 0.6) is 11.5 Å². The minimum absolute atomic E-state index is 0.134. The van der Waals surface area contributed by atoms with E-state index in [1.54, 1.807) is 20.8 Å². The van der Waals surface area contributed by atoms with Crippen LogP contribution in [-0.4, -0.2) is 61.5 Å². The highest BCUT2D eigenvalue weighted by Crippen LogP contribution is 2.36. The van der Waals surface area contributed by atoms with Gasteiger partial charge in [0, 0.05) is 5.92 Å². The fraction of sp³-hybridized carbons (Fsp3) is 0.643. The molecule has 0 saturated heterocycles. The van der Waals surface area contributed by atoms with Crippen LogP contribution in [0.4, 0.5) is 14.4 Å². The first-order valence-electron chi connectivity index (χ1n) is 13.6. The van der Waals surface area contributed by atoms with Gasteiger partial charge in [0.25, 0.3) is 0 Å². The highest BCUT2D eigenvalue weighted by Gasteiger charge is 2.33. The number of unbranched alkanes of at least 4 members (excludes halogenated alkanes) is 4. The number of benzene rings is 1. The molecule has 226 valence electrons. The van der Waals surface area contributed by atoms with Crippen LogP contribution in [-0.2, 0) is 23.7 Å². The summed E-state index contributed by atoms with van der Waals surface area (Å²) in [7, 11) is 0. The van der Waals surface area contributed by atoms with E-state index in [1.807, 2.05) is 13.8 Å². The quantitative estimate of drug-likeness (QED) is 0.100. The molecule has 1 aromatic rings. The molecule has 0 radical (unpaired) electrons. The molecule has 0 spiro atoms. The second-order valence-corrected chi connectivity index (χ2v) is 9.62. The molecular weight excluding hydrogens is 526 g/mol. The van der Waals surface area contributed by atoms with E-state index in [0.717, 1.165) is 25.7 Å². The number of hydrogen-bond donors (Lipinski definition) is 2. The molecule has 1 rings (SSSR count). The highest BCUT2D eigenvalue weighted by molar-refractivity contribution is 5.75. The lowest BCUT2D eigenvalue weighted by atomic mass is 9.82. The second-order valence-electron chi connectivity index (χ2n) is 9.62. The van der Waals surface area contributed by atoms with E-state index in [9.17, 15) is 24.3 Å². The predicted octanol–water partition coefficient (Wildman–Crippen LogP) is 5.79. The van der Waals surface area contributed by atoms with Crippen LogP contribution in [0.25, 0.3) is 0 Å². The molecule has 0 heterocycles. The van der Waals surface area contributed by atoms with Crippen molar-refractivity contribution in [1.82, 2.24) is 0 Å². The van der Waals surface area contributed by atoms with Crippen molar-refractivity contribution in [2.24, 2.45) is 11.7 Å². The van der Waals surface area contributed by atoms with Crippen molar-refractivity contribution in [1.29, 1.82) is 0 Å². The number of carbonyl (C=O) groups is 4. The SMILES string of the molecule is CCCCCOC(=O)Oc1ccc(C(C(C)COC(=O)OC(C)C)[C@H](N)C(=O)O)cc1OC(=O)OCCCCC. The molecule has 1 aromatic carbocycles. The number of carbonyl (C=O) groups excluding carboxylic acids is 3. The molecule has 0 aliphatic heterocycles. The number of carboxylic acid groups (broad SMARTS) is 1. The highest BCUT2D eigenvalue weighted by atomic mass is 16.7. The van der Waals surface area contributed by atoms with Crippen molar-refractivity contribution in [3.63, 3.8) is 0 Å². The summed E-state index contributed by atoms with van der Waals surface area (Å²) in [5, 5.41) is 9.66. The first-order valence-corrected chi connectivity index (χ1v) is 13.6. The van der Waals surface area contributed by atoms with Gasteiger partial charge in [-0.3, -0.25) is 4.79 Å². The van der Waals surface area contributed by atoms with Gasteiger partial charge < -0.3 is 39.3 Å². The topological polar surface area (TPSA) is 170 Å². The Morgan fingerprint density at radius 1 is 0.800 bits per heavy atom. The van der Waals surface area contributed by atoms with Crippen LogP contribution in [0.1, 0.15) is 84.6 Å². The van der Waals surface area contributed by atoms with Crippen molar-refractivity contribution in [2.75, 3.05) is 19.8 Å². The van der Waals surface area contributed by atoms with Crippen LogP contribution in [0, 0.1) is 5.92 Å². The van der Waals surface area contributed by atoms with Crippen LogP contribution in [0.2, 0.25) is 0 Å². The smallest absolute Gasteiger partial charge is 0.480 e. The largest absolute Gasteiger partial charge is 0.513 e. The molecule has 0 aliphatic rings. The zero-order valence-electron chi connectivity index (χ0n) is 24.0. The van der Waals surface area contributed by atoms with Crippen LogP contribution in [0.15, 0.2) is 18.2 Å². The maximum Gasteiger partial charge on any atom is 0.513 e. The number of carboxylic acids is 1. The maximum absolute atomic E-state index is 12.4. The number of nitrogens with two attached hydrogens (primary N) is 1. The summed E-state index contributed by atoms with van der Waals surface area (Å²) in [5.41, 5.74) is 6.35. The molecule has 3 atom stereocenters. The Morgan fingerprint density at radius 2 is 1.35 bits per heavy atom. The zero-order valence-corrected chi connectivity index (χ0v) is 24.0. The Hall–Kier alpha value is -3.54. The second kappa shape index (κ2) is 18.7. The van der Waals surface area contributed by atoms with Gasteiger partial charge in [-0.1, -0.05) is 52.5 Å². The normalized spacial score (nSPS) is 13.1. The average Bonchev–Trinajstić information content (AvgIpc) is 2.89. The van der Waals surface area contributed by atoms with E-state index < -0.39 is 48.4 Å². The third-order valence-corrected chi connectivity index (χ3v) is 5.76. The van der Waals surface area contributed by atoms with E-state index in [1.165, 1.54) is 18.2 Å². The molecule has 12 heteroatoms. The molecule has 0 bridgehead atoms. The van der Waals surface area contributed by atoms with Crippen molar-refractivity contribution in [2.45, 2.75) is 91.2 Å². The van der Waals surface area contributed by atoms with Crippen LogP contribution >= 0.6 is 0 Å². The van der Waals surface area contributed by atoms with Crippen molar-refractivity contribution in [3.05, 3.63) is 23.8 Å². The van der Waals surface area contributed by atoms with Crippen molar-refractivity contribution < 1.29 is 52.7 Å². The molecule has 0 amide bonds. The first kappa shape index (κ1) is 34.5. The standard InChI is InChI=1S/C28H43NO11/c1-6-8-10-14-35-26(32)39-21-13-12-20(16-22(21)40-27(33)36-15-11-9-7-2)23(24(29)25(30)31)19(5)17-37-28(34)38-18(3)4/h12-13,16,18-19,23-24H,6-11,14-15,17,29H2,1-5H3,(H,30,31)/t19?,23?,24-/m0/s1. The predicted molar refractivity (Wildman–Crippen MR) is 145 cm³/mol. The molecule has 2 unspecified atom stereocenters. The van der Waals surface area contributed by atoms with Crippen LogP contribution in [0.3, 0.4) is 0 Å². The van der Waals surface area contributed by atoms with Gasteiger partial charge in [0.15, 0.2) is 11.5 Å². The Morgan fingerprint density at radius 3 is 1.85 bits per heavy atom. The van der Waals surface area contributed by atoms with Gasteiger partial charge >= 0.3 is 24.4 Å². The van der Waals surface area contributed by atoms with Gasteiger partial charge in [-0.2, -0.15) is 0 Å². The minimum atomic E-state index is -1.41. The Bertz CT molecular complexity index is 950. The van der Waals surface area contributed by atoms with E-state index in [0.29, 0.717) is 18.4 Å². The summed E-state index contributed by atoms with van der Waals surface area (Å²) in [5.74, 6) is -3.13. The molecule has 40 heavy (non-hydrogen) atoms. The lowest BCUT2D eigenvalue weighted by Gasteiger charge is -2.28. The van der Waals surface area contributed by atoms with Gasteiger partial charge in [-0.25, -0.2) is 14.4 Å². The molecular formula is C28H43NO11. The summed E-state index contributed by atoms with van der Waals surface area (Å²) in [6, 6.07) is 2.74. The van der Waals surface area contributed by atoms with E-state index in [2.05, 4.69) is 0 Å². The number of aliphatic carboxylic acids is 1. The fourth-order valence-electron chi connectivity index (χ4n) is 3.72. The third kappa shape index (κ3) is 13.0. The summed E-state index contributed by atoms with van der Waals surface area (Å²) in [6.45, 7) is 9.09. The molecule has 0 aromatic heterocycles. The third-order valence-electron chi connectivity index (χ3n) is 5.76. The Balaban J connectivity index is 3.24. The summed E-state index contributed by atoms with van der Waals surface area (Å²) in [4.78, 5) is 48.3. The lowest BCUT2D eigenvalue weighted by molar-refractivity contribution is -0.139. The summed E-state index contributed by atoms with van der Waals surface area (Å²) in [6.07, 6.45) is 1.61. The van der Waals surface area contributed by atoms with Gasteiger partial charge in [-0.15, -0.1) is 0 Å². The van der Waals surface area contributed by atoms with Crippen LogP contribution < -0.4 is 15.2 Å². The lowest BCUT2D eigenvalue weighted by Crippen LogP contribution is -2.40. The van der Waals surface area contributed by atoms with Gasteiger partial charge in [0.05, 0.1) is 25.9 Å². The molecule has 0 aliphatic carbocycles. The van der Waals surface area contributed by atoms with E-state index >= 15 is 0 Å². The molecule has 0 saturated carbocycles. The average molecular weight is 570 g/mol. The summed E-state index contributed by atoms with van der Waals surface area (Å²) < 4.78 is 30.9. The van der Waals surface area contributed by atoms with Crippen molar-refractivity contribution in [3.8, 4) is 11.5 Å². The zero-order chi connectivity index (χ0) is 30.1. The Labute approximate surface area is 235 Å². The first-order chi connectivity index (χ1) is 19.0. The van der Waals surface area contributed by atoms with E-state index in [-0.39, 0.29) is 31.3 Å². The number of ether oxygens (including phenoxy) is 6. The summed E-state index contributed by atoms with van der Waals surface area (Å²) >= 11 is 0. The molecule has 3 N–H and O–H groups in total.